The summed E-state index contributed by atoms with van der Waals surface area (Å²) in [7, 11) is 1.67. The zero-order chi connectivity index (χ0) is 25.6. The zero-order valence-corrected chi connectivity index (χ0v) is 21.0. The molecule has 0 saturated heterocycles. The highest BCUT2D eigenvalue weighted by Crippen LogP contribution is 2.50. The Labute approximate surface area is 219 Å². The van der Waals surface area contributed by atoms with Crippen molar-refractivity contribution in [3.63, 3.8) is 0 Å². The second-order valence-electron chi connectivity index (χ2n) is 9.33. The summed E-state index contributed by atoms with van der Waals surface area (Å²) in [5.74, 6) is 3.37. The summed E-state index contributed by atoms with van der Waals surface area (Å²) in [4.78, 5) is 9.58. The number of aromatic nitrogens is 4. The summed E-state index contributed by atoms with van der Waals surface area (Å²) < 4.78 is 19.7. The first-order valence-electron chi connectivity index (χ1n) is 12.5. The highest BCUT2D eigenvalue weighted by molar-refractivity contribution is 5.91. The van der Waals surface area contributed by atoms with Crippen molar-refractivity contribution in [1.82, 2.24) is 19.6 Å². The molecule has 1 aliphatic heterocycles. The minimum absolute atomic E-state index is 0.158. The highest BCUT2D eigenvalue weighted by atomic mass is 16.5. The molecule has 0 saturated carbocycles. The van der Waals surface area contributed by atoms with Crippen LogP contribution in [-0.2, 0) is 6.61 Å². The van der Waals surface area contributed by atoms with Crippen molar-refractivity contribution in [3.8, 4) is 23.1 Å². The fourth-order valence-electron chi connectivity index (χ4n) is 5.16. The van der Waals surface area contributed by atoms with Gasteiger partial charge in [-0.25, -0.2) is 14.5 Å². The van der Waals surface area contributed by atoms with Gasteiger partial charge in [0.1, 0.15) is 30.2 Å². The molecule has 6 aromatic rings. The maximum atomic E-state index is 6.50. The third kappa shape index (κ3) is 3.63. The quantitative estimate of drug-likeness (QED) is 0.270. The molecule has 38 heavy (non-hydrogen) atoms. The molecule has 7 nitrogen and oxygen atoms in total. The number of fused-ring (bicyclic) bond motifs is 6. The van der Waals surface area contributed by atoms with Crippen molar-refractivity contribution in [1.29, 1.82) is 0 Å². The molecular weight excluding hydrogens is 476 g/mol. The van der Waals surface area contributed by atoms with E-state index in [2.05, 4.69) is 46.5 Å². The summed E-state index contributed by atoms with van der Waals surface area (Å²) in [6.45, 7) is 2.27. The van der Waals surface area contributed by atoms with Crippen LogP contribution in [0.4, 0.5) is 0 Å². The van der Waals surface area contributed by atoms with Gasteiger partial charge in [-0.3, -0.25) is 0 Å². The predicted molar refractivity (Wildman–Crippen MR) is 144 cm³/mol. The Bertz CT molecular complexity index is 1810. The largest absolute Gasteiger partial charge is 0.497 e. The zero-order valence-electron chi connectivity index (χ0n) is 21.0. The van der Waals surface area contributed by atoms with Gasteiger partial charge in [0.2, 0.25) is 5.88 Å². The lowest BCUT2D eigenvalue weighted by Gasteiger charge is -2.28. The molecule has 1 unspecified atom stereocenters. The second kappa shape index (κ2) is 8.88. The van der Waals surface area contributed by atoms with E-state index in [1.54, 1.807) is 18.0 Å². The van der Waals surface area contributed by atoms with E-state index in [1.807, 2.05) is 55.5 Å². The van der Waals surface area contributed by atoms with E-state index < -0.39 is 0 Å². The van der Waals surface area contributed by atoms with E-state index in [1.165, 1.54) is 0 Å². The van der Waals surface area contributed by atoms with E-state index >= 15 is 0 Å². The Kier molecular flexibility index (Phi) is 5.21. The predicted octanol–water partition coefficient (Wildman–Crippen LogP) is 6.46. The minimum atomic E-state index is -0.158. The molecule has 0 spiro atoms. The molecule has 0 amide bonds. The summed E-state index contributed by atoms with van der Waals surface area (Å²) in [6, 6.07) is 28.5. The van der Waals surface area contributed by atoms with Gasteiger partial charge in [0, 0.05) is 16.9 Å². The van der Waals surface area contributed by atoms with E-state index in [0.29, 0.717) is 17.4 Å². The van der Waals surface area contributed by atoms with Crippen LogP contribution in [0, 0.1) is 6.92 Å². The maximum absolute atomic E-state index is 6.50. The van der Waals surface area contributed by atoms with E-state index in [4.69, 9.17) is 19.2 Å². The van der Waals surface area contributed by atoms with Crippen molar-refractivity contribution < 1.29 is 14.2 Å². The average molecular weight is 501 g/mol. The Morgan fingerprint density at radius 3 is 2.58 bits per heavy atom. The molecule has 1 atom stereocenters. The summed E-state index contributed by atoms with van der Waals surface area (Å²) in [5.41, 5.74) is 4.76. The van der Waals surface area contributed by atoms with Crippen LogP contribution >= 0.6 is 0 Å². The van der Waals surface area contributed by atoms with Crippen LogP contribution in [0.1, 0.15) is 34.0 Å². The smallest absolute Gasteiger partial charge is 0.228 e. The first-order valence-corrected chi connectivity index (χ1v) is 12.5. The SMILES string of the molecule is COc1ccc(C2c3ccc4ccccc4c3Oc3ncn4nc(COc5ccccc5C)nc4c32)cc1. The normalized spacial score (nSPS) is 14.1. The number of hydrogen-bond acceptors (Lipinski definition) is 6. The van der Waals surface area contributed by atoms with Gasteiger partial charge in [-0.2, -0.15) is 0 Å². The van der Waals surface area contributed by atoms with Gasteiger partial charge >= 0.3 is 0 Å². The first-order chi connectivity index (χ1) is 18.7. The molecule has 186 valence electrons. The second-order valence-corrected chi connectivity index (χ2v) is 9.33. The lowest BCUT2D eigenvalue weighted by Crippen LogP contribution is -2.15. The average Bonchev–Trinajstić information content (AvgIpc) is 3.39. The molecule has 7 rings (SSSR count). The number of rotatable bonds is 5. The molecule has 3 heterocycles. The topological polar surface area (TPSA) is 70.8 Å². The molecule has 0 bridgehead atoms. The number of nitrogens with zero attached hydrogens (tertiary/aromatic N) is 4. The first kappa shape index (κ1) is 22.3. The number of benzene rings is 4. The van der Waals surface area contributed by atoms with E-state index in [9.17, 15) is 0 Å². The minimum Gasteiger partial charge on any atom is -0.497 e. The van der Waals surface area contributed by atoms with Crippen LogP contribution < -0.4 is 14.2 Å². The van der Waals surface area contributed by atoms with Crippen LogP contribution in [0.2, 0.25) is 0 Å². The lowest BCUT2D eigenvalue weighted by atomic mass is 9.83. The van der Waals surface area contributed by atoms with Gasteiger partial charge < -0.3 is 14.2 Å². The number of aryl methyl sites for hydroxylation is 1. The van der Waals surface area contributed by atoms with Gasteiger partial charge in [-0.05, 0) is 41.6 Å². The molecule has 1 aliphatic rings. The van der Waals surface area contributed by atoms with Gasteiger partial charge in [0.05, 0.1) is 12.7 Å². The van der Waals surface area contributed by atoms with Crippen LogP contribution in [-0.4, -0.2) is 26.7 Å². The van der Waals surface area contributed by atoms with Crippen molar-refractivity contribution in [3.05, 3.63) is 119 Å². The molecule has 2 aromatic heterocycles. The molecule has 0 N–H and O–H groups in total. The van der Waals surface area contributed by atoms with Crippen molar-refractivity contribution in [2.45, 2.75) is 19.4 Å². The van der Waals surface area contributed by atoms with Crippen LogP contribution in [0.3, 0.4) is 0 Å². The molecule has 0 fully saturated rings. The summed E-state index contributed by atoms with van der Waals surface area (Å²) in [6.07, 6.45) is 1.65. The third-order valence-corrected chi connectivity index (χ3v) is 7.04. The Morgan fingerprint density at radius 1 is 0.921 bits per heavy atom. The van der Waals surface area contributed by atoms with Gasteiger partial charge in [0.25, 0.3) is 0 Å². The van der Waals surface area contributed by atoms with E-state index in [-0.39, 0.29) is 12.5 Å². The molecule has 4 aromatic carbocycles. The Morgan fingerprint density at radius 2 is 1.74 bits per heavy atom. The standard InChI is InChI=1S/C31H24N4O3/c1-19-7-3-6-10-25(19)37-17-26-33-30-28-27(21-11-14-22(36-2)15-12-21)24-16-13-20-8-4-5-9-23(20)29(24)38-31(28)32-18-35(30)34-26/h3-16,18,27H,17H2,1-2H3. The van der Waals surface area contributed by atoms with E-state index in [0.717, 1.165) is 50.3 Å². The number of methoxy groups -OCH3 is 1. The van der Waals surface area contributed by atoms with Crippen LogP contribution in [0.5, 0.6) is 23.1 Å². The highest BCUT2D eigenvalue weighted by Gasteiger charge is 2.34. The summed E-state index contributed by atoms with van der Waals surface area (Å²) in [5, 5.41) is 6.83. The fraction of sp³-hybridized carbons (Fsp3) is 0.129. The van der Waals surface area contributed by atoms with Gasteiger partial charge in [-0.1, -0.05) is 66.7 Å². The third-order valence-electron chi connectivity index (χ3n) is 7.04. The molecular formula is C31H24N4O3. The maximum Gasteiger partial charge on any atom is 0.228 e. The summed E-state index contributed by atoms with van der Waals surface area (Å²) >= 11 is 0. The van der Waals surface area contributed by atoms with Gasteiger partial charge in [-0.15, -0.1) is 5.10 Å². The van der Waals surface area contributed by atoms with Crippen molar-refractivity contribution in [2.24, 2.45) is 0 Å². The molecule has 7 heteroatoms. The molecule has 0 aliphatic carbocycles. The monoisotopic (exact) mass is 500 g/mol. The van der Waals surface area contributed by atoms with Gasteiger partial charge in [0.15, 0.2) is 11.5 Å². The lowest BCUT2D eigenvalue weighted by molar-refractivity contribution is 0.294. The van der Waals surface area contributed by atoms with Crippen molar-refractivity contribution in [2.75, 3.05) is 7.11 Å². The number of hydrogen-bond donors (Lipinski definition) is 0. The fourth-order valence-corrected chi connectivity index (χ4v) is 5.16. The van der Waals surface area contributed by atoms with Crippen LogP contribution in [0.25, 0.3) is 16.4 Å². The Hall–Kier alpha value is -4.91. The van der Waals surface area contributed by atoms with Crippen molar-refractivity contribution >= 4 is 16.4 Å². The Balaban J connectivity index is 1.38. The molecule has 0 radical (unpaired) electrons. The number of ether oxygens (including phenoxy) is 3. The van der Waals surface area contributed by atoms with Crippen LogP contribution in [0.15, 0.2) is 91.3 Å². The number of para-hydroxylation sites is 1.